The van der Waals surface area contributed by atoms with Crippen LogP contribution < -0.4 is 0 Å². The van der Waals surface area contributed by atoms with Crippen molar-refractivity contribution in [1.29, 1.82) is 0 Å². The largest absolute Gasteiger partial charge is 0.462 e. The van der Waals surface area contributed by atoms with Crippen molar-refractivity contribution in [2.24, 2.45) is 11.8 Å². The minimum absolute atomic E-state index is 0.0424. The summed E-state index contributed by atoms with van der Waals surface area (Å²) in [6, 6.07) is 0. The molecule has 0 radical (unpaired) electrons. The van der Waals surface area contributed by atoms with E-state index in [4.69, 9.17) is 4.74 Å². The van der Waals surface area contributed by atoms with Gasteiger partial charge in [0.15, 0.2) is 0 Å². The molecular formula is C19H34O3. The first-order valence-electron chi connectivity index (χ1n) is 9.29. The number of carbonyl (C=O) groups is 2. The third-order valence-corrected chi connectivity index (χ3v) is 4.72. The number of Topliss-reactive ketones (excluding diaryl/α,β-unsaturated/α-hetero) is 1. The molecule has 0 unspecified atom stereocenters. The number of hydrogen-bond acceptors (Lipinski definition) is 3. The van der Waals surface area contributed by atoms with Crippen molar-refractivity contribution < 1.29 is 14.3 Å². The van der Waals surface area contributed by atoms with E-state index in [0.29, 0.717) is 6.42 Å². The third-order valence-electron chi connectivity index (χ3n) is 4.72. The van der Waals surface area contributed by atoms with Gasteiger partial charge in [-0.1, -0.05) is 65.2 Å². The van der Waals surface area contributed by atoms with Crippen LogP contribution >= 0.6 is 0 Å². The first-order chi connectivity index (χ1) is 10.6. The summed E-state index contributed by atoms with van der Waals surface area (Å²) in [5.74, 6) is -0.591. The molecule has 0 bridgehead atoms. The summed E-state index contributed by atoms with van der Waals surface area (Å²) in [7, 11) is 0. The van der Waals surface area contributed by atoms with Crippen LogP contribution in [0.3, 0.4) is 0 Å². The molecular weight excluding hydrogens is 276 g/mol. The first kappa shape index (κ1) is 19.2. The number of ketones is 1. The quantitative estimate of drug-likeness (QED) is 0.304. The number of unbranched alkanes of at least 4 members (excludes halogenated alkanes) is 8. The van der Waals surface area contributed by atoms with Crippen LogP contribution in [0.1, 0.15) is 91.4 Å². The van der Waals surface area contributed by atoms with Gasteiger partial charge in [0, 0.05) is 6.42 Å². The zero-order valence-corrected chi connectivity index (χ0v) is 14.7. The number of ether oxygens (including phenoxy) is 1. The Hall–Kier alpha value is -0.860. The number of carbonyl (C=O) groups excluding carboxylic acids is 2. The van der Waals surface area contributed by atoms with Crippen molar-refractivity contribution in [3.8, 4) is 0 Å². The van der Waals surface area contributed by atoms with Crippen LogP contribution in [0.4, 0.5) is 0 Å². The molecule has 1 fully saturated rings. The predicted octanol–water partition coefficient (Wildman–Crippen LogP) is 5.06. The van der Waals surface area contributed by atoms with Gasteiger partial charge < -0.3 is 4.74 Å². The molecule has 1 heterocycles. The Morgan fingerprint density at radius 2 is 1.55 bits per heavy atom. The Labute approximate surface area is 136 Å². The molecule has 0 N–H and O–H groups in total. The molecule has 0 spiro atoms. The van der Waals surface area contributed by atoms with E-state index in [0.717, 1.165) is 19.3 Å². The van der Waals surface area contributed by atoms with Gasteiger partial charge in [0.1, 0.15) is 11.7 Å². The van der Waals surface area contributed by atoms with Gasteiger partial charge in [-0.05, 0) is 25.7 Å². The lowest BCUT2D eigenvalue weighted by atomic mass is 9.82. The molecule has 0 aromatic carbocycles. The van der Waals surface area contributed by atoms with Gasteiger partial charge in [0.2, 0.25) is 0 Å². The molecule has 0 aromatic heterocycles. The summed E-state index contributed by atoms with van der Waals surface area (Å²) in [6.45, 7) is 6.13. The lowest BCUT2D eigenvalue weighted by Gasteiger charge is -2.30. The maximum Gasteiger partial charge on any atom is 0.317 e. The normalized spacial score (nSPS) is 25.0. The van der Waals surface area contributed by atoms with Crippen molar-refractivity contribution in [2.75, 3.05) is 0 Å². The number of rotatable bonds is 11. The van der Waals surface area contributed by atoms with E-state index in [1.165, 1.54) is 44.9 Å². The molecule has 0 aliphatic carbocycles. The predicted molar refractivity (Wildman–Crippen MR) is 89.7 cm³/mol. The van der Waals surface area contributed by atoms with E-state index >= 15 is 0 Å². The fourth-order valence-corrected chi connectivity index (χ4v) is 3.43. The van der Waals surface area contributed by atoms with E-state index in [1.807, 2.05) is 13.8 Å². The Balaban J connectivity index is 2.09. The van der Waals surface area contributed by atoms with Crippen LogP contribution in [0.5, 0.6) is 0 Å². The van der Waals surface area contributed by atoms with Crippen molar-refractivity contribution >= 4 is 11.8 Å². The van der Waals surface area contributed by atoms with Crippen LogP contribution in [0.25, 0.3) is 0 Å². The van der Waals surface area contributed by atoms with E-state index < -0.39 is 5.92 Å². The molecule has 1 rings (SSSR count). The second-order valence-electron chi connectivity index (χ2n) is 6.98. The molecule has 0 saturated carbocycles. The molecule has 1 saturated heterocycles. The van der Waals surface area contributed by atoms with Crippen LogP contribution in [-0.4, -0.2) is 17.9 Å². The van der Waals surface area contributed by atoms with Crippen molar-refractivity contribution in [3.63, 3.8) is 0 Å². The number of esters is 1. The fourth-order valence-electron chi connectivity index (χ4n) is 3.43. The van der Waals surface area contributed by atoms with Crippen LogP contribution in [0, 0.1) is 11.8 Å². The lowest BCUT2D eigenvalue weighted by Crippen LogP contribution is -2.40. The van der Waals surface area contributed by atoms with Gasteiger partial charge >= 0.3 is 5.97 Å². The molecule has 0 aromatic rings. The van der Waals surface area contributed by atoms with Gasteiger partial charge in [-0.2, -0.15) is 0 Å². The van der Waals surface area contributed by atoms with Crippen molar-refractivity contribution in [3.05, 3.63) is 0 Å². The highest BCUT2D eigenvalue weighted by Crippen LogP contribution is 2.28. The average molecular weight is 310 g/mol. The smallest absolute Gasteiger partial charge is 0.317 e. The van der Waals surface area contributed by atoms with Crippen molar-refractivity contribution in [2.45, 2.75) is 97.5 Å². The maximum atomic E-state index is 12.2. The van der Waals surface area contributed by atoms with Crippen LogP contribution in [0.15, 0.2) is 0 Å². The standard InChI is InChI=1S/C19H34O3/c1-4-5-6-7-8-9-10-11-12-13-17(20)18-15(2)14-16(3)22-19(18)21/h15-16,18H,4-14H2,1-3H3/t15-,16-,18-/m0/s1. The zero-order valence-electron chi connectivity index (χ0n) is 14.7. The highest BCUT2D eigenvalue weighted by Gasteiger charge is 2.38. The lowest BCUT2D eigenvalue weighted by molar-refractivity contribution is -0.165. The van der Waals surface area contributed by atoms with Gasteiger partial charge in [-0.15, -0.1) is 0 Å². The highest BCUT2D eigenvalue weighted by atomic mass is 16.5. The third kappa shape index (κ3) is 6.93. The Morgan fingerprint density at radius 3 is 2.09 bits per heavy atom. The minimum atomic E-state index is -0.509. The maximum absolute atomic E-state index is 12.2. The topological polar surface area (TPSA) is 43.4 Å². The van der Waals surface area contributed by atoms with Crippen LogP contribution in [0.2, 0.25) is 0 Å². The van der Waals surface area contributed by atoms with Gasteiger partial charge in [-0.3, -0.25) is 9.59 Å². The highest BCUT2D eigenvalue weighted by molar-refractivity contribution is 5.99. The van der Waals surface area contributed by atoms with E-state index in [-0.39, 0.29) is 23.8 Å². The second-order valence-corrected chi connectivity index (χ2v) is 6.98. The van der Waals surface area contributed by atoms with E-state index in [2.05, 4.69) is 6.92 Å². The molecule has 22 heavy (non-hydrogen) atoms. The van der Waals surface area contributed by atoms with Gasteiger partial charge in [0.05, 0.1) is 6.10 Å². The average Bonchev–Trinajstić information content (AvgIpc) is 2.44. The van der Waals surface area contributed by atoms with E-state index in [1.54, 1.807) is 0 Å². The molecule has 1 aliphatic rings. The molecule has 0 amide bonds. The van der Waals surface area contributed by atoms with Gasteiger partial charge in [0.25, 0.3) is 0 Å². The first-order valence-corrected chi connectivity index (χ1v) is 9.29. The molecule has 3 atom stereocenters. The molecule has 1 aliphatic heterocycles. The SMILES string of the molecule is CCCCCCCCCCCC(=O)[C@H]1C(=O)O[C@@H](C)C[C@@H]1C. The summed E-state index contributed by atoms with van der Waals surface area (Å²) >= 11 is 0. The molecule has 3 nitrogen and oxygen atoms in total. The monoisotopic (exact) mass is 310 g/mol. The molecule has 128 valence electrons. The van der Waals surface area contributed by atoms with Crippen LogP contribution in [-0.2, 0) is 14.3 Å². The number of hydrogen-bond donors (Lipinski definition) is 0. The van der Waals surface area contributed by atoms with E-state index in [9.17, 15) is 9.59 Å². The fraction of sp³-hybridized carbons (Fsp3) is 0.895. The second kappa shape index (κ2) is 10.8. The summed E-state index contributed by atoms with van der Waals surface area (Å²) in [5.41, 5.74) is 0. The summed E-state index contributed by atoms with van der Waals surface area (Å²) in [6.07, 6.45) is 12.5. The molecule has 3 heteroatoms. The Morgan fingerprint density at radius 1 is 1.00 bits per heavy atom. The van der Waals surface area contributed by atoms with Crippen molar-refractivity contribution in [1.82, 2.24) is 0 Å². The Bertz CT molecular complexity index is 338. The Kier molecular flexibility index (Phi) is 9.42. The minimum Gasteiger partial charge on any atom is -0.462 e. The van der Waals surface area contributed by atoms with Gasteiger partial charge in [-0.25, -0.2) is 0 Å². The number of cyclic esters (lactones) is 1. The zero-order chi connectivity index (χ0) is 16.4. The summed E-state index contributed by atoms with van der Waals surface area (Å²) in [4.78, 5) is 24.1. The summed E-state index contributed by atoms with van der Waals surface area (Å²) in [5, 5.41) is 0. The summed E-state index contributed by atoms with van der Waals surface area (Å²) < 4.78 is 5.22.